The van der Waals surface area contributed by atoms with Gasteiger partial charge in [-0.15, -0.1) is 0 Å². The third-order valence-corrected chi connectivity index (χ3v) is 4.98. The van der Waals surface area contributed by atoms with Gasteiger partial charge in [0.05, 0.1) is 5.97 Å². The Labute approximate surface area is 178 Å². The highest BCUT2D eigenvalue weighted by Gasteiger charge is 2.38. The molecular weight excluding hydrogens is 412 g/mol. The number of carboxylic acid groups (broad SMARTS) is 1. The van der Waals surface area contributed by atoms with Crippen LogP contribution in [0.4, 0.5) is 5.69 Å². The van der Waals surface area contributed by atoms with Gasteiger partial charge < -0.3 is 14.6 Å². The molecule has 2 aromatic rings. The average molecular weight is 430 g/mol. The number of benzene rings is 2. The number of carboxylic acids is 1. The third kappa shape index (κ3) is 4.41. The number of carbonyl (C=O) groups excluding carboxylic acids is 2. The summed E-state index contributed by atoms with van der Waals surface area (Å²) < 4.78 is 5.29. The molecular formula is C21H18ClN2O4S-. The molecule has 1 amide bonds. The molecule has 1 aliphatic heterocycles. The zero-order valence-electron chi connectivity index (χ0n) is 15.8. The van der Waals surface area contributed by atoms with Crippen LogP contribution in [0.3, 0.4) is 0 Å². The van der Waals surface area contributed by atoms with Crippen molar-refractivity contribution in [2.45, 2.75) is 13.8 Å². The summed E-state index contributed by atoms with van der Waals surface area (Å²) in [6.45, 7) is 3.61. The summed E-state index contributed by atoms with van der Waals surface area (Å²) >= 11 is 11.6. The van der Waals surface area contributed by atoms with Crippen LogP contribution >= 0.6 is 23.8 Å². The van der Waals surface area contributed by atoms with E-state index in [0.717, 1.165) is 11.3 Å². The van der Waals surface area contributed by atoms with Crippen LogP contribution in [0.1, 0.15) is 18.1 Å². The van der Waals surface area contributed by atoms with Crippen molar-refractivity contribution in [3.05, 3.63) is 64.3 Å². The van der Waals surface area contributed by atoms with Gasteiger partial charge in [-0.1, -0.05) is 29.3 Å². The van der Waals surface area contributed by atoms with Crippen molar-refractivity contribution < 1.29 is 19.4 Å². The molecule has 6 nitrogen and oxygen atoms in total. The van der Waals surface area contributed by atoms with Gasteiger partial charge in [-0.05, 0) is 62.5 Å². The normalized spacial score (nSPS) is 15.3. The number of carbonyl (C=O) groups is 2. The molecule has 0 N–H and O–H groups in total. The van der Waals surface area contributed by atoms with Gasteiger partial charge >= 0.3 is 0 Å². The van der Waals surface area contributed by atoms with Gasteiger partial charge in [-0.25, -0.2) is 0 Å². The van der Waals surface area contributed by atoms with E-state index in [9.17, 15) is 14.7 Å². The maximum Gasteiger partial charge on any atom is 0.277 e. The summed E-state index contributed by atoms with van der Waals surface area (Å²) in [5.74, 6) is -1.34. The SMILES string of the molecule is CCN1C(=O)/C(=C\c2cc(Cl)ccc2OCC(=O)[O-])N(c2ccc(C)cc2)C1=S. The minimum Gasteiger partial charge on any atom is -0.546 e. The minimum absolute atomic E-state index is 0.260. The Hall–Kier alpha value is -2.90. The number of aryl methyl sites for hydroxylation is 1. The number of hydrogen-bond donors (Lipinski definition) is 0. The smallest absolute Gasteiger partial charge is 0.277 e. The number of thiocarbonyl (C=S) groups is 1. The topological polar surface area (TPSA) is 72.9 Å². The Kier molecular flexibility index (Phi) is 6.20. The van der Waals surface area contributed by atoms with Crippen LogP contribution in [-0.2, 0) is 9.59 Å². The maximum atomic E-state index is 13.0. The van der Waals surface area contributed by atoms with E-state index in [1.54, 1.807) is 29.2 Å². The second-order valence-corrected chi connectivity index (χ2v) is 7.18. The number of anilines is 1. The fraction of sp³-hybridized carbons (Fsp3) is 0.190. The molecule has 1 aliphatic rings. The lowest BCUT2D eigenvalue weighted by atomic mass is 10.1. The summed E-state index contributed by atoms with van der Waals surface area (Å²) in [7, 11) is 0. The first-order valence-corrected chi connectivity index (χ1v) is 9.67. The van der Waals surface area contributed by atoms with E-state index in [1.165, 1.54) is 4.90 Å². The van der Waals surface area contributed by atoms with Crippen LogP contribution in [-0.4, -0.2) is 35.0 Å². The molecule has 0 atom stereocenters. The van der Waals surface area contributed by atoms with Crippen molar-refractivity contribution in [3.63, 3.8) is 0 Å². The molecule has 0 aromatic heterocycles. The standard InChI is InChI=1S/C21H19ClN2O4S/c1-3-23-20(27)17(24(21(23)29)16-7-4-13(2)5-8-16)11-14-10-15(22)6-9-18(14)28-12-19(25)26/h4-11H,3,12H2,1-2H3,(H,25,26)/p-1/b17-11+. The molecule has 1 saturated heterocycles. The highest BCUT2D eigenvalue weighted by molar-refractivity contribution is 7.80. The predicted octanol–water partition coefficient (Wildman–Crippen LogP) is 2.77. The molecule has 1 fully saturated rings. The van der Waals surface area contributed by atoms with Crippen LogP contribution in [0, 0.1) is 6.92 Å². The molecule has 3 rings (SSSR count). The summed E-state index contributed by atoms with van der Waals surface area (Å²) in [6.07, 6.45) is 1.60. The number of amides is 1. The van der Waals surface area contributed by atoms with Crippen molar-refractivity contribution in [3.8, 4) is 5.75 Å². The molecule has 0 saturated carbocycles. The quantitative estimate of drug-likeness (QED) is 0.519. The molecule has 29 heavy (non-hydrogen) atoms. The molecule has 0 aliphatic carbocycles. The lowest BCUT2D eigenvalue weighted by molar-refractivity contribution is -0.307. The minimum atomic E-state index is -1.35. The Balaban J connectivity index is 2.10. The molecule has 0 spiro atoms. The molecule has 2 aromatic carbocycles. The number of nitrogens with zero attached hydrogens (tertiary/aromatic N) is 2. The fourth-order valence-corrected chi connectivity index (χ4v) is 3.54. The first-order chi connectivity index (χ1) is 13.8. The molecule has 0 radical (unpaired) electrons. The monoisotopic (exact) mass is 429 g/mol. The van der Waals surface area contributed by atoms with Crippen LogP contribution in [0.2, 0.25) is 5.02 Å². The Morgan fingerprint density at radius 3 is 2.55 bits per heavy atom. The van der Waals surface area contributed by atoms with Crippen molar-refractivity contribution in [2.75, 3.05) is 18.1 Å². The summed E-state index contributed by atoms with van der Waals surface area (Å²) in [4.78, 5) is 27.0. The molecule has 0 unspecified atom stereocenters. The van der Waals surface area contributed by atoms with E-state index in [4.69, 9.17) is 28.6 Å². The summed E-state index contributed by atoms with van der Waals surface area (Å²) in [5.41, 5.74) is 2.60. The van der Waals surface area contributed by atoms with Crippen molar-refractivity contribution >= 4 is 52.6 Å². The van der Waals surface area contributed by atoms with Gasteiger partial charge in [0.1, 0.15) is 18.1 Å². The molecule has 1 heterocycles. The van der Waals surface area contributed by atoms with Gasteiger partial charge in [0.25, 0.3) is 5.91 Å². The molecule has 150 valence electrons. The van der Waals surface area contributed by atoms with Crippen molar-refractivity contribution in [2.24, 2.45) is 0 Å². The first kappa shape index (κ1) is 20.8. The number of halogens is 1. The van der Waals surface area contributed by atoms with E-state index < -0.39 is 12.6 Å². The van der Waals surface area contributed by atoms with Gasteiger partial charge in [-0.3, -0.25) is 14.6 Å². The molecule has 8 heteroatoms. The second kappa shape index (κ2) is 8.63. The van der Waals surface area contributed by atoms with E-state index in [0.29, 0.717) is 27.9 Å². The Morgan fingerprint density at radius 1 is 1.24 bits per heavy atom. The Morgan fingerprint density at radius 2 is 1.93 bits per heavy atom. The number of hydrogen-bond acceptors (Lipinski definition) is 5. The Bertz CT molecular complexity index is 1000. The molecule has 0 bridgehead atoms. The average Bonchev–Trinajstić information content (AvgIpc) is 2.91. The van der Waals surface area contributed by atoms with Gasteiger partial charge in [0.2, 0.25) is 0 Å². The number of ether oxygens (including phenoxy) is 1. The third-order valence-electron chi connectivity index (χ3n) is 4.35. The summed E-state index contributed by atoms with van der Waals surface area (Å²) in [5, 5.41) is 11.6. The van der Waals surface area contributed by atoms with Gasteiger partial charge in [-0.2, -0.15) is 0 Å². The van der Waals surface area contributed by atoms with Crippen molar-refractivity contribution in [1.29, 1.82) is 0 Å². The predicted molar refractivity (Wildman–Crippen MR) is 114 cm³/mol. The highest BCUT2D eigenvalue weighted by atomic mass is 35.5. The lowest BCUT2D eigenvalue weighted by Gasteiger charge is -2.20. The van der Waals surface area contributed by atoms with E-state index in [2.05, 4.69) is 0 Å². The van der Waals surface area contributed by atoms with Gasteiger partial charge in [0.15, 0.2) is 5.11 Å². The number of rotatable bonds is 6. The van der Waals surface area contributed by atoms with Crippen LogP contribution in [0.25, 0.3) is 6.08 Å². The number of aliphatic carboxylic acids is 1. The lowest BCUT2D eigenvalue weighted by Crippen LogP contribution is -2.32. The zero-order chi connectivity index (χ0) is 21.1. The first-order valence-electron chi connectivity index (χ1n) is 8.88. The largest absolute Gasteiger partial charge is 0.546 e. The van der Waals surface area contributed by atoms with Crippen molar-refractivity contribution in [1.82, 2.24) is 4.90 Å². The van der Waals surface area contributed by atoms with Crippen LogP contribution < -0.4 is 14.7 Å². The second-order valence-electron chi connectivity index (χ2n) is 6.38. The highest BCUT2D eigenvalue weighted by Crippen LogP contribution is 2.33. The summed E-state index contributed by atoms with van der Waals surface area (Å²) in [6, 6.07) is 12.3. The van der Waals surface area contributed by atoms with E-state index in [-0.39, 0.29) is 11.7 Å². The maximum absolute atomic E-state index is 13.0. The van der Waals surface area contributed by atoms with E-state index in [1.807, 2.05) is 38.1 Å². The van der Waals surface area contributed by atoms with Crippen LogP contribution in [0.5, 0.6) is 5.75 Å². The number of likely N-dealkylation sites (N-methyl/N-ethyl adjacent to an activating group) is 1. The van der Waals surface area contributed by atoms with Gasteiger partial charge in [0, 0.05) is 22.8 Å². The van der Waals surface area contributed by atoms with E-state index >= 15 is 0 Å². The fourth-order valence-electron chi connectivity index (χ4n) is 2.94. The zero-order valence-corrected chi connectivity index (χ0v) is 17.4. The van der Waals surface area contributed by atoms with Crippen LogP contribution in [0.15, 0.2) is 48.2 Å².